The predicted octanol–water partition coefficient (Wildman–Crippen LogP) is 2.10. The highest BCUT2D eigenvalue weighted by atomic mass is 16.6. The van der Waals surface area contributed by atoms with Crippen molar-refractivity contribution in [1.29, 1.82) is 0 Å². The summed E-state index contributed by atoms with van der Waals surface area (Å²) in [6.07, 6.45) is 2.00. The fourth-order valence-electron chi connectivity index (χ4n) is 3.20. The van der Waals surface area contributed by atoms with Crippen LogP contribution in [0, 0.1) is 0 Å². The Balaban J connectivity index is 1.53. The van der Waals surface area contributed by atoms with Gasteiger partial charge < -0.3 is 29.7 Å². The minimum absolute atomic E-state index is 0.0468. The van der Waals surface area contributed by atoms with Crippen molar-refractivity contribution in [2.75, 3.05) is 39.5 Å². The van der Waals surface area contributed by atoms with E-state index < -0.39 is 0 Å². The standard InChI is InChI=1S/C22H33N3O6/c1-3-29-18-7-9-19(10-8-18)31-16-21(27)23-13-5-6-20(26)24-17-11-14-25(15-12-17)22(28)30-4-2/h7-10,17H,3-6,11-16H2,1-2H3,(H,23,27)(H,24,26). The number of benzene rings is 1. The molecule has 1 heterocycles. The van der Waals surface area contributed by atoms with E-state index in [1.165, 1.54) is 0 Å². The van der Waals surface area contributed by atoms with E-state index >= 15 is 0 Å². The van der Waals surface area contributed by atoms with Gasteiger partial charge in [-0.1, -0.05) is 0 Å². The van der Waals surface area contributed by atoms with E-state index in [4.69, 9.17) is 14.2 Å². The zero-order chi connectivity index (χ0) is 22.5. The first-order valence-corrected chi connectivity index (χ1v) is 10.8. The molecule has 1 aromatic rings. The Bertz CT molecular complexity index is 702. The maximum absolute atomic E-state index is 12.1. The molecular weight excluding hydrogens is 402 g/mol. The molecule has 0 radical (unpaired) electrons. The van der Waals surface area contributed by atoms with Crippen molar-refractivity contribution in [2.24, 2.45) is 0 Å². The quantitative estimate of drug-likeness (QED) is 0.516. The third-order valence-electron chi connectivity index (χ3n) is 4.79. The Kier molecular flexibility index (Phi) is 10.5. The Hall–Kier alpha value is -2.97. The summed E-state index contributed by atoms with van der Waals surface area (Å²) < 4.78 is 15.8. The van der Waals surface area contributed by atoms with Gasteiger partial charge in [0.25, 0.3) is 5.91 Å². The van der Waals surface area contributed by atoms with Crippen LogP contribution in [0.5, 0.6) is 11.5 Å². The molecule has 31 heavy (non-hydrogen) atoms. The molecule has 2 rings (SSSR count). The van der Waals surface area contributed by atoms with Crippen molar-refractivity contribution in [3.8, 4) is 11.5 Å². The number of likely N-dealkylation sites (tertiary alicyclic amines) is 1. The lowest BCUT2D eigenvalue weighted by Gasteiger charge is -2.31. The van der Waals surface area contributed by atoms with Crippen LogP contribution >= 0.6 is 0 Å². The zero-order valence-electron chi connectivity index (χ0n) is 18.4. The molecule has 1 saturated heterocycles. The molecular formula is C22H33N3O6. The van der Waals surface area contributed by atoms with Gasteiger partial charge in [-0.3, -0.25) is 9.59 Å². The highest BCUT2D eigenvalue weighted by Crippen LogP contribution is 2.17. The van der Waals surface area contributed by atoms with Gasteiger partial charge in [-0.2, -0.15) is 0 Å². The minimum atomic E-state index is -0.297. The molecule has 0 saturated carbocycles. The summed E-state index contributed by atoms with van der Waals surface area (Å²) >= 11 is 0. The molecule has 0 aliphatic carbocycles. The summed E-state index contributed by atoms with van der Waals surface area (Å²) in [5.41, 5.74) is 0. The van der Waals surface area contributed by atoms with E-state index in [0.29, 0.717) is 64.3 Å². The number of hydrogen-bond donors (Lipinski definition) is 2. The van der Waals surface area contributed by atoms with Crippen molar-refractivity contribution >= 4 is 17.9 Å². The molecule has 0 spiro atoms. The summed E-state index contributed by atoms with van der Waals surface area (Å²) in [5, 5.41) is 5.74. The Morgan fingerprint density at radius 1 is 0.968 bits per heavy atom. The van der Waals surface area contributed by atoms with Gasteiger partial charge in [0.2, 0.25) is 5.91 Å². The lowest BCUT2D eigenvalue weighted by atomic mass is 10.1. The zero-order valence-corrected chi connectivity index (χ0v) is 18.4. The third-order valence-corrected chi connectivity index (χ3v) is 4.79. The van der Waals surface area contributed by atoms with Gasteiger partial charge in [0.15, 0.2) is 6.61 Å². The summed E-state index contributed by atoms with van der Waals surface area (Å²) in [7, 11) is 0. The van der Waals surface area contributed by atoms with Crippen molar-refractivity contribution in [3.63, 3.8) is 0 Å². The lowest BCUT2D eigenvalue weighted by Crippen LogP contribution is -2.46. The van der Waals surface area contributed by atoms with Crippen molar-refractivity contribution < 1.29 is 28.6 Å². The van der Waals surface area contributed by atoms with E-state index in [2.05, 4.69) is 10.6 Å². The number of carbonyl (C=O) groups is 3. The Labute approximate surface area is 183 Å². The lowest BCUT2D eigenvalue weighted by molar-refractivity contribution is -0.124. The van der Waals surface area contributed by atoms with E-state index in [-0.39, 0.29) is 30.6 Å². The number of piperidine rings is 1. The fraction of sp³-hybridized carbons (Fsp3) is 0.591. The number of carbonyl (C=O) groups excluding carboxylic acids is 3. The molecule has 9 nitrogen and oxygen atoms in total. The molecule has 0 atom stereocenters. The first kappa shape index (κ1) is 24.3. The van der Waals surface area contributed by atoms with E-state index in [1.54, 1.807) is 36.1 Å². The summed E-state index contributed by atoms with van der Waals surface area (Å²) in [6.45, 7) is 6.12. The SMILES string of the molecule is CCOC(=O)N1CCC(NC(=O)CCCNC(=O)COc2ccc(OCC)cc2)CC1. The van der Waals surface area contributed by atoms with Gasteiger partial charge >= 0.3 is 6.09 Å². The van der Waals surface area contributed by atoms with Crippen molar-refractivity contribution in [3.05, 3.63) is 24.3 Å². The highest BCUT2D eigenvalue weighted by Gasteiger charge is 2.24. The van der Waals surface area contributed by atoms with Crippen LogP contribution < -0.4 is 20.1 Å². The number of hydrogen-bond acceptors (Lipinski definition) is 6. The van der Waals surface area contributed by atoms with Crippen LogP contribution in [0.25, 0.3) is 0 Å². The molecule has 0 unspecified atom stereocenters. The van der Waals surface area contributed by atoms with Crippen LogP contribution in [-0.2, 0) is 14.3 Å². The van der Waals surface area contributed by atoms with Crippen molar-refractivity contribution in [2.45, 2.75) is 45.6 Å². The summed E-state index contributed by atoms with van der Waals surface area (Å²) in [4.78, 5) is 37.3. The van der Waals surface area contributed by atoms with Crippen LogP contribution in [-0.4, -0.2) is 68.3 Å². The van der Waals surface area contributed by atoms with Crippen LogP contribution in [0.4, 0.5) is 4.79 Å². The average molecular weight is 436 g/mol. The third kappa shape index (κ3) is 9.15. The number of ether oxygens (including phenoxy) is 3. The van der Waals surface area contributed by atoms with Crippen molar-refractivity contribution in [1.82, 2.24) is 15.5 Å². The normalized spacial score (nSPS) is 13.9. The van der Waals surface area contributed by atoms with Gasteiger partial charge in [0.1, 0.15) is 11.5 Å². The number of rotatable bonds is 11. The average Bonchev–Trinajstić information content (AvgIpc) is 2.77. The molecule has 2 N–H and O–H groups in total. The van der Waals surface area contributed by atoms with E-state index in [0.717, 1.165) is 5.75 Å². The number of amides is 3. The van der Waals surface area contributed by atoms with Gasteiger partial charge in [-0.05, 0) is 57.4 Å². The summed E-state index contributed by atoms with van der Waals surface area (Å²) in [5.74, 6) is 1.06. The number of nitrogens with zero attached hydrogens (tertiary/aromatic N) is 1. The van der Waals surface area contributed by atoms with Gasteiger partial charge in [0, 0.05) is 32.1 Å². The number of nitrogens with one attached hydrogen (secondary N) is 2. The van der Waals surface area contributed by atoms with Crippen LogP contribution in [0.3, 0.4) is 0 Å². The van der Waals surface area contributed by atoms with Gasteiger partial charge in [0.05, 0.1) is 13.2 Å². The molecule has 0 aromatic heterocycles. The van der Waals surface area contributed by atoms with E-state index in [1.807, 2.05) is 6.92 Å². The maximum Gasteiger partial charge on any atom is 0.409 e. The largest absolute Gasteiger partial charge is 0.494 e. The molecule has 9 heteroatoms. The summed E-state index contributed by atoms with van der Waals surface area (Å²) in [6, 6.07) is 7.14. The molecule has 172 valence electrons. The highest BCUT2D eigenvalue weighted by molar-refractivity contribution is 5.78. The second-order valence-electron chi connectivity index (χ2n) is 7.17. The van der Waals surface area contributed by atoms with Crippen LogP contribution in [0.1, 0.15) is 39.5 Å². The van der Waals surface area contributed by atoms with Gasteiger partial charge in [-0.25, -0.2) is 4.79 Å². The van der Waals surface area contributed by atoms with Crippen LogP contribution in [0.15, 0.2) is 24.3 Å². The molecule has 0 bridgehead atoms. The minimum Gasteiger partial charge on any atom is -0.494 e. The molecule has 1 aromatic carbocycles. The predicted molar refractivity (Wildman–Crippen MR) is 115 cm³/mol. The smallest absolute Gasteiger partial charge is 0.409 e. The molecule has 1 aliphatic rings. The topological polar surface area (TPSA) is 106 Å². The monoisotopic (exact) mass is 435 g/mol. The Morgan fingerprint density at radius 2 is 1.61 bits per heavy atom. The first-order valence-electron chi connectivity index (χ1n) is 10.8. The molecule has 1 aliphatic heterocycles. The molecule has 3 amide bonds. The molecule has 1 fully saturated rings. The van der Waals surface area contributed by atoms with E-state index in [9.17, 15) is 14.4 Å². The first-order chi connectivity index (χ1) is 15.0. The second-order valence-corrected chi connectivity index (χ2v) is 7.17. The Morgan fingerprint density at radius 3 is 2.23 bits per heavy atom. The maximum atomic E-state index is 12.1. The van der Waals surface area contributed by atoms with Crippen LogP contribution in [0.2, 0.25) is 0 Å². The van der Waals surface area contributed by atoms with Gasteiger partial charge in [-0.15, -0.1) is 0 Å². The fourth-order valence-corrected chi connectivity index (χ4v) is 3.20. The second kappa shape index (κ2) is 13.4.